The number of allylic oxidation sites excluding steroid dienone is 1. The van der Waals surface area contributed by atoms with E-state index in [1.54, 1.807) is 18.2 Å². The Morgan fingerprint density at radius 3 is 2.35 bits per heavy atom. The molecule has 4 heteroatoms. The highest BCUT2D eigenvalue weighted by Crippen LogP contribution is 2.36. The molecule has 3 rings (SSSR count). The van der Waals surface area contributed by atoms with E-state index in [-0.39, 0.29) is 22.7 Å². The van der Waals surface area contributed by atoms with Crippen molar-refractivity contribution in [1.29, 1.82) is 0 Å². The normalized spacial score (nSPS) is 23.0. The summed E-state index contributed by atoms with van der Waals surface area (Å²) in [4.78, 5) is 36.3. The zero-order valence-corrected chi connectivity index (χ0v) is 10.9. The van der Waals surface area contributed by atoms with Crippen LogP contribution in [0.2, 0.25) is 0 Å². The van der Waals surface area contributed by atoms with E-state index in [2.05, 4.69) is 0 Å². The minimum absolute atomic E-state index is 0.00148. The van der Waals surface area contributed by atoms with Crippen LogP contribution in [0.4, 0.5) is 0 Å². The molecule has 0 aliphatic heterocycles. The van der Waals surface area contributed by atoms with Gasteiger partial charge in [-0.3, -0.25) is 14.4 Å². The lowest BCUT2D eigenvalue weighted by atomic mass is 9.76. The van der Waals surface area contributed by atoms with Gasteiger partial charge >= 0.3 is 0 Å². The summed E-state index contributed by atoms with van der Waals surface area (Å²) < 4.78 is 0. The number of ketones is 3. The van der Waals surface area contributed by atoms with Crippen molar-refractivity contribution in [2.24, 2.45) is 5.92 Å². The van der Waals surface area contributed by atoms with E-state index in [1.807, 2.05) is 0 Å². The summed E-state index contributed by atoms with van der Waals surface area (Å²) in [6, 6.07) is 6.46. The lowest BCUT2D eigenvalue weighted by molar-refractivity contribution is -0.125. The van der Waals surface area contributed by atoms with Crippen molar-refractivity contribution < 1.29 is 19.5 Å². The van der Waals surface area contributed by atoms with Crippen molar-refractivity contribution in [1.82, 2.24) is 0 Å². The number of fused-ring (bicyclic) bond motifs is 1. The van der Waals surface area contributed by atoms with E-state index in [0.29, 0.717) is 18.4 Å². The first-order valence-corrected chi connectivity index (χ1v) is 6.75. The molecule has 4 nitrogen and oxygen atoms in total. The first kappa shape index (κ1) is 12.8. The van der Waals surface area contributed by atoms with E-state index in [4.69, 9.17) is 0 Å². The highest BCUT2D eigenvalue weighted by Gasteiger charge is 2.39. The van der Waals surface area contributed by atoms with Crippen LogP contribution in [0.25, 0.3) is 5.76 Å². The maximum absolute atomic E-state index is 12.2. The summed E-state index contributed by atoms with van der Waals surface area (Å²) in [5.74, 6) is -2.26. The van der Waals surface area contributed by atoms with Gasteiger partial charge in [0.15, 0.2) is 0 Å². The number of carbonyl (C=O) groups excluding carboxylic acids is 3. The Morgan fingerprint density at radius 1 is 0.950 bits per heavy atom. The SMILES string of the molecule is O=C1C(=O)c2ccccc2C(O)=C1C1CCCCC1=O. The zero-order valence-electron chi connectivity index (χ0n) is 10.9. The maximum Gasteiger partial charge on any atom is 0.234 e. The molecule has 0 saturated heterocycles. The number of aliphatic hydroxyl groups excluding tert-OH is 1. The van der Waals surface area contributed by atoms with Crippen molar-refractivity contribution in [2.45, 2.75) is 25.7 Å². The molecule has 1 N–H and O–H groups in total. The van der Waals surface area contributed by atoms with Crippen molar-refractivity contribution in [2.75, 3.05) is 0 Å². The lowest BCUT2D eigenvalue weighted by Crippen LogP contribution is -2.32. The first-order chi connectivity index (χ1) is 9.61. The molecule has 1 unspecified atom stereocenters. The molecule has 102 valence electrons. The fourth-order valence-electron chi connectivity index (χ4n) is 3.00. The molecule has 1 aromatic carbocycles. The van der Waals surface area contributed by atoms with Crippen LogP contribution < -0.4 is 0 Å². The third-order valence-corrected chi connectivity index (χ3v) is 4.04. The lowest BCUT2D eigenvalue weighted by Gasteiger charge is -2.26. The smallest absolute Gasteiger partial charge is 0.234 e. The van der Waals surface area contributed by atoms with Gasteiger partial charge in [-0.05, 0) is 12.8 Å². The average molecular weight is 270 g/mol. The van der Waals surface area contributed by atoms with Crippen molar-refractivity contribution in [3.05, 3.63) is 41.0 Å². The van der Waals surface area contributed by atoms with Gasteiger partial charge in [-0.25, -0.2) is 0 Å². The second kappa shape index (κ2) is 4.71. The maximum atomic E-state index is 12.2. The minimum Gasteiger partial charge on any atom is -0.507 e. The quantitative estimate of drug-likeness (QED) is 0.796. The molecule has 1 saturated carbocycles. The second-order valence-electron chi connectivity index (χ2n) is 5.23. The first-order valence-electron chi connectivity index (χ1n) is 6.75. The van der Waals surface area contributed by atoms with Gasteiger partial charge in [0.05, 0.1) is 11.5 Å². The van der Waals surface area contributed by atoms with Crippen molar-refractivity contribution in [3.63, 3.8) is 0 Å². The molecule has 2 aliphatic carbocycles. The summed E-state index contributed by atoms with van der Waals surface area (Å²) in [6.07, 6.45) is 2.57. The Hall–Kier alpha value is -2.23. The van der Waals surface area contributed by atoms with Crippen LogP contribution in [0.3, 0.4) is 0 Å². The third-order valence-electron chi connectivity index (χ3n) is 4.04. The highest BCUT2D eigenvalue weighted by molar-refractivity contribution is 6.52. The largest absolute Gasteiger partial charge is 0.507 e. The monoisotopic (exact) mass is 270 g/mol. The Labute approximate surface area is 116 Å². The molecule has 20 heavy (non-hydrogen) atoms. The fourth-order valence-corrected chi connectivity index (χ4v) is 3.00. The van der Waals surface area contributed by atoms with Crippen molar-refractivity contribution in [3.8, 4) is 0 Å². The molecule has 0 radical (unpaired) electrons. The zero-order chi connectivity index (χ0) is 14.3. The topological polar surface area (TPSA) is 71.4 Å². The molecular weight excluding hydrogens is 256 g/mol. The number of benzene rings is 1. The third kappa shape index (κ3) is 1.80. The standard InChI is InChI=1S/C16H14O4/c17-12-8-4-3-7-11(12)13-14(18)9-5-1-2-6-10(9)15(19)16(13)20/h1-2,5-6,11,18H,3-4,7-8H2. The van der Waals surface area contributed by atoms with Crippen LogP contribution in [0, 0.1) is 5.92 Å². The molecule has 0 spiro atoms. The van der Waals surface area contributed by atoms with Gasteiger partial charge in [0.25, 0.3) is 0 Å². The summed E-state index contributed by atoms with van der Waals surface area (Å²) in [6.45, 7) is 0. The van der Waals surface area contributed by atoms with E-state index >= 15 is 0 Å². The molecular formula is C16H14O4. The summed E-state index contributed by atoms with van der Waals surface area (Å²) in [7, 11) is 0. The Morgan fingerprint density at radius 2 is 1.65 bits per heavy atom. The van der Waals surface area contributed by atoms with Crippen LogP contribution >= 0.6 is 0 Å². The molecule has 0 bridgehead atoms. The van der Waals surface area contributed by atoms with Crippen LogP contribution in [0.1, 0.15) is 41.6 Å². The van der Waals surface area contributed by atoms with Crippen LogP contribution in [-0.4, -0.2) is 22.5 Å². The van der Waals surface area contributed by atoms with Gasteiger partial charge in [0.2, 0.25) is 11.6 Å². The number of rotatable bonds is 1. The second-order valence-corrected chi connectivity index (χ2v) is 5.23. The predicted octanol–water partition coefficient (Wildman–Crippen LogP) is 2.48. The number of Topliss-reactive ketones (excluding diaryl/α,β-unsaturated/α-hetero) is 3. The van der Waals surface area contributed by atoms with Gasteiger partial charge in [-0.1, -0.05) is 30.7 Å². The fraction of sp³-hybridized carbons (Fsp3) is 0.312. The summed E-state index contributed by atoms with van der Waals surface area (Å²) in [5, 5.41) is 10.3. The Balaban J connectivity index is 2.16. The Bertz CT molecular complexity index is 654. The number of hydrogen-bond donors (Lipinski definition) is 1. The number of aliphatic hydroxyl groups is 1. The van der Waals surface area contributed by atoms with Crippen molar-refractivity contribution >= 4 is 23.1 Å². The molecule has 0 amide bonds. The molecule has 1 atom stereocenters. The van der Waals surface area contributed by atoms with Gasteiger partial charge in [-0.15, -0.1) is 0 Å². The van der Waals surface area contributed by atoms with Gasteiger partial charge < -0.3 is 5.11 Å². The number of hydrogen-bond acceptors (Lipinski definition) is 4. The van der Waals surface area contributed by atoms with Crippen LogP contribution in [0.15, 0.2) is 29.8 Å². The molecule has 1 aromatic rings. The predicted molar refractivity (Wildman–Crippen MR) is 72.3 cm³/mol. The summed E-state index contributed by atoms with van der Waals surface area (Å²) >= 11 is 0. The highest BCUT2D eigenvalue weighted by atomic mass is 16.3. The molecule has 0 heterocycles. The number of carbonyl (C=O) groups is 3. The van der Waals surface area contributed by atoms with E-state index in [0.717, 1.165) is 12.8 Å². The molecule has 0 aromatic heterocycles. The van der Waals surface area contributed by atoms with Crippen LogP contribution in [-0.2, 0) is 9.59 Å². The van der Waals surface area contributed by atoms with E-state index < -0.39 is 17.5 Å². The van der Waals surface area contributed by atoms with Gasteiger partial charge in [0, 0.05) is 17.5 Å². The van der Waals surface area contributed by atoms with Gasteiger partial charge in [-0.2, -0.15) is 0 Å². The minimum atomic E-state index is -0.735. The van der Waals surface area contributed by atoms with Crippen LogP contribution in [0.5, 0.6) is 0 Å². The average Bonchev–Trinajstić information content (AvgIpc) is 2.47. The Kier molecular flexibility index (Phi) is 3.01. The molecule has 1 fully saturated rings. The van der Waals surface area contributed by atoms with Gasteiger partial charge in [0.1, 0.15) is 11.5 Å². The van der Waals surface area contributed by atoms with E-state index in [9.17, 15) is 19.5 Å². The molecule has 2 aliphatic rings. The summed E-state index contributed by atoms with van der Waals surface area (Å²) in [5.41, 5.74) is 0.561. The van der Waals surface area contributed by atoms with E-state index in [1.165, 1.54) is 6.07 Å².